The molecule has 1 aromatic rings. The number of esters is 1. The minimum Gasteiger partial charge on any atom is -0.493 e. The van der Waals surface area contributed by atoms with E-state index in [1.54, 1.807) is 0 Å². The number of nitrogens with two attached hydrogens (primary N) is 1. The molecule has 2 rings (SSSR count). The number of carbonyl (C=O) groups excluding carboxylic acids is 1. The van der Waals surface area contributed by atoms with Crippen LogP contribution in [-0.2, 0) is 16.0 Å². The standard InChI is InChI=1S/C13H17NO3/c1-16-12(15)6-5-11(14)10-4-2-3-9-7-8-17-13(9)10/h2-4,11H,5-8,14H2,1H3. The summed E-state index contributed by atoms with van der Waals surface area (Å²) in [5.74, 6) is 0.679. The van der Waals surface area contributed by atoms with Crippen LogP contribution >= 0.6 is 0 Å². The highest BCUT2D eigenvalue weighted by molar-refractivity contribution is 5.69. The number of benzene rings is 1. The Morgan fingerprint density at radius 1 is 1.59 bits per heavy atom. The summed E-state index contributed by atoms with van der Waals surface area (Å²) in [6.07, 6.45) is 1.85. The monoisotopic (exact) mass is 235 g/mol. The normalized spacial score (nSPS) is 14.9. The number of hydrogen-bond acceptors (Lipinski definition) is 4. The van der Waals surface area contributed by atoms with Crippen LogP contribution in [-0.4, -0.2) is 19.7 Å². The van der Waals surface area contributed by atoms with Crippen molar-refractivity contribution in [2.75, 3.05) is 13.7 Å². The highest BCUT2D eigenvalue weighted by atomic mass is 16.5. The van der Waals surface area contributed by atoms with E-state index in [-0.39, 0.29) is 12.0 Å². The number of carbonyl (C=O) groups is 1. The Kier molecular flexibility index (Phi) is 3.64. The fourth-order valence-electron chi connectivity index (χ4n) is 2.06. The first-order valence-corrected chi connectivity index (χ1v) is 5.79. The molecule has 0 fully saturated rings. The molecule has 1 aliphatic heterocycles. The molecule has 4 nitrogen and oxygen atoms in total. The molecule has 2 N–H and O–H groups in total. The van der Waals surface area contributed by atoms with Crippen molar-refractivity contribution in [2.45, 2.75) is 25.3 Å². The first kappa shape index (κ1) is 11.9. The highest BCUT2D eigenvalue weighted by Gasteiger charge is 2.20. The van der Waals surface area contributed by atoms with Crippen LogP contribution in [0.2, 0.25) is 0 Å². The molecule has 1 heterocycles. The van der Waals surface area contributed by atoms with Gasteiger partial charge < -0.3 is 15.2 Å². The molecule has 1 atom stereocenters. The van der Waals surface area contributed by atoms with Gasteiger partial charge in [-0.1, -0.05) is 18.2 Å². The second-order valence-corrected chi connectivity index (χ2v) is 4.16. The Morgan fingerprint density at radius 3 is 3.18 bits per heavy atom. The molecule has 0 amide bonds. The summed E-state index contributed by atoms with van der Waals surface area (Å²) >= 11 is 0. The van der Waals surface area contributed by atoms with E-state index >= 15 is 0 Å². The number of ether oxygens (including phenoxy) is 2. The highest BCUT2D eigenvalue weighted by Crippen LogP contribution is 2.33. The third kappa shape index (κ3) is 2.58. The molecular formula is C13H17NO3. The summed E-state index contributed by atoms with van der Waals surface area (Å²) in [6.45, 7) is 0.718. The van der Waals surface area contributed by atoms with Gasteiger partial charge in [0, 0.05) is 24.4 Å². The molecule has 1 aromatic carbocycles. The summed E-state index contributed by atoms with van der Waals surface area (Å²) in [4.78, 5) is 11.1. The second kappa shape index (κ2) is 5.19. The molecule has 0 bridgehead atoms. The van der Waals surface area contributed by atoms with Crippen LogP contribution in [0, 0.1) is 0 Å². The fraction of sp³-hybridized carbons (Fsp3) is 0.462. The van der Waals surface area contributed by atoms with Crippen LogP contribution in [0.5, 0.6) is 5.75 Å². The van der Waals surface area contributed by atoms with Gasteiger partial charge in [-0.15, -0.1) is 0 Å². The summed E-state index contributed by atoms with van der Waals surface area (Å²) in [6, 6.07) is 5.83. The molecule has 0 aromatic heterocycles. The third-order valence-corrected chi connectivity index (χ3v) is 3.03. The first-order chi connectivity index (χ1) is 8.22. The number of rotatable bonds is 4. The quantitative estimate of drug-likeness (QED) is 0.805. The lowest BCUT2D eigenvalue weighted by Gasteiger charge is -2.14. The van der Waals surface area contributed by atoms with Crippen molar-refractivity contribution in [3.8, 4) is 5.75 Å². The molecule has 1 unspecified atom stereocenters. The average Bonchev–Trinajstić information content (AvgIpc) is 2.83. The van der Waals surface area contributed by atoms with E-state index in [9.17, 15) is 4.79 Å². The molecule has 92 valence electrons. The van der Waals surface area contributed by atoms with Gasteiger partial charge in [0.25, 0.3) is 0 Å². The fourth-order valence-corrected chi connectivity index (χ4v) is 2.06. The minimum atomic E-state index is -0.228. The lowest BCUT2D eigenvalue weighted by atomic mass is 9.99. The number of hydrogen-bond donors (Lipinski definition) is 1. The summed E-state index contributed by atoms with van der Waals surface area (Å²) in [5.41, 5.74) is 8.28. The SMILES string of the molecule is COC(=O)CCC(N)c1cccc2c1OCC2. The molecule has 0 saturated carbocycles. The van der Waals surface area contributed by atoms with E-state index in [1.165, 1.54) is 12.7 Å². The van der Waals surface area contributed by atoms with Crippen LogP contribution in [0.3, 0.4) is 0 Å². The number of para-hydroxylation sites is 1. The van der Waals surface area contributed by atoms with E-state index in [0.29, 0.717) is 12.8 Å². The molecular weight excluding hydrogens is 218 g/mol. The first-order valence-electron chi connectivity index (χ1n) is 5.79. The van der Waals surface area contributed by atoms with Crippen molar-refractivity contribution in [2.24, 2.45) is 5.73 Å². The maximum Gasteiger partial charge on any atom is 0.305 e. The van der Waals surface area contributed by atoms with Crippen molar-refractivity contribution in [1.29, 1.82) is 0 Å². The lowest BCUT2D eigenvalue weighted by Crippen LogP contribution is -2.14. The van der Waals surface area contributed by atoms with Crippen LogP contribution in [0.4, 0.5) is 0 Å². The van der Waals surface area contributed by atoms with Gasteiger partial charge in [-0.05, 0) is 12.0 Å². The summed E-state index contributed by atoms with van der Waals surface area (Å²) in [7, 11) is 1.39. The average molecular weight is 235 g/mol. The Hall–Kier alpha value is -1.55. The van der Waals surface area contributed by atoms with Crippen molar-refractivity contribution in [3.63, 3.8) is 0 Å². The maximum absolute atomic E-state index is 11.1. The third-order valence-electron chi connectivity index (χ3n) is 3.03. The predicted octanol–water partition coefficient (Wildman–Crippen LogP) is 1.57. The van der Waals surface area contributed by atoms with E-state index in [1.807, 2.05) is 12.1 Å². The van der Waals surface area contributed by atoms with Gasteiger partial charge in [0.1, 0.15) is 5.75 Å². The topological polar surface area (TPSA) is 61.5 Å². The van der Waals surface area contributed by atoms with Gasteiger partial charge >= 0.3 is 5.97 Å². The van der Waals surface area contributed by atoms with Crippen LogP contribution in [0.25, 0.3) is 0 Å². The van der Waals surface area contributed by atoms with E-state index in [4.69, 9.17) is 10.5 Å². The molecule has 0 saturated heterocycles. The van der Waals surface area contributed by atoms with Crippen molar-refractivity contribution < 1.29 is 14.3 Å². The van der Waals surface area contributed by atoms with Gasteiger partial charge in [0.05, 0.1) is 13.7 Å². The van der Waals surface area contributed by atoms with Crippen LogP contribution in [0.15, 0.2) is 18.2 Å². The molecule has 1 aliphatic rings. The summed E-state index contributed by atoms with van der Waals surface area (Å²) < 4.78 is 10.2. The lowest BCUT2D eigenvalue weighted by molar-refractivity contribution is -0.140. The number of methoxy groups -OCH3 is 1. The zero-order valence-corrected chi connectivity index (χ0v) is 9.94. The number of fused-ring (bicyclic) bond motifs is 1. The molecule has 0 radical (unpaired) electrons. The Labute approximate surface area is 101 Å². The molecule has 0 aliphatic carbocycles. The van der Waals surface area contributed by atoms with Crippen LogP contribution in [0.1, 0.15) is 30.0 Å². The van der Waals surface area contributed by atoms with Gasteiger partial charge in [-0.2, -0.15) is 0 Å². The summed E-state index contributed by atoms with van der Waals surface area (Å²) in [5, 5.41) is 0. The zero-order valence-electron chi connectivity index (χ0n) is 9.94. The van der Waals surface area contributed by atoms with Gasteiger partial charge in [-0.25, -0.2) is 0 Å². The van der Waals surface area contributed by atoms with E-state index in [2.05, 4.69) is 10.8 Å². The van der Waals surface area contributed by atoms with E-state index in [0.717, 1.165) is 24.3 Å². The van der Waals surface area contributed by atoms with Crippen molar-refractivity contribution >= 4 is 5.97 Å². The van der Waals surface area contributed by atoms with Gasteiger partial charge in [0.2, 0.25) is 0 Å². The largest absolute Gasteiger partial charge is 0.493 e. The Morgan fingerprint density at radius 2 is 2.41 bits per heavy atom. The van der Waals surface area contributed by atoms with Crippen molar-refractivity contribution in [3.05, 3.63) is 29.3 Å². The molecule has 4 heteroatoms. The second-order valence-electron chi connectivity index (χ2n) is 4.16. The van der Waals surface area contributed by atoms with Crippen molar-refractivity contribution in [1.82, 2.24) is 0 Å². The molecule has 17 heavy (non-hydrogen) atoms. The van der Waals surface area contributed by atoms with Crippen LogP contribution < -0.4 is 10.5 Å². The minimum absolute atomic E-state index is 0.179. The smallest absolute Gasteiger partial charge is 0.305 e. The van der Waals surface area contributed by atoms with Gasteiger partial charge in [-0.3, -0.25) is 4.79 Å². The predicted molar refractivity (Wildman–Crippen MR) is 63.8 cm³/mol. The van der Waals surface area contributed by atoms with Gasteiger partial charge in [0.15, 0.2) is 0 Å². The maximum atomic E-state index is 11.1. The Balaban J connectivity index is 2.07. The van der Waals surface area contributed by atoms with E-state index < -0.39 is 0 Å². The Bertz CT molecular complexity index is 417. The zero-order chi connectivity index (χ0) is 12.3. The molecule has 0 spiro atoms.